The molecule has 0 unspecified atom stereocenters. The van der Waals surface area contributed by atoms with Gasteiger partial charge in [-0.05, 0) is 36.3 Å². The van der Waals surface area contributed by atoms with E-state index in [1.165, 1.54) is 32.1 Å². The van der Waals surface area contributed by atoms with Crippen molar-refractivity contribution in [2.45, 2.75) is 52.9 Å². The van der Waals surface area contributed by atoms with E-state index in [2.05, 4.69) is 54.6 Å². The zero-order valence-electron chi connectivity index (χ0n) is 15.2. The molecule has 1 aliphatic rings. The highest BCUT2D eigenvalue weighted by Gasteiger charge is 2.15. The standard InChI is InChI=1S/C20H30N4/c1-20(2,3)14-22-19-23-17-12-8-7-11-16(17)18(24-19)21-13-15-9-5-4-6-10-15/h7-8,11-12,15H,4-6,9-10,13-14H2,1-3H3,(H2,21,22,23,24). The van der Waals surface area contributed by atoms with E-state index >= 15 is 0 Å². The van der Waals surface area contributed by atoms with Gasteiger partial charge in [-0.2, -0.15) is 4.98 Å². The lowest BCUT2D eigenvalue weighted by Crippen LogP contribution is -2.21. The molecule has 0 saturated heterocycles. The molecular formula is C20H30N4. The number of aromatic nitrogens is 2. The molecule has 4 heteroatoms. The highest BCUT2D eigenvalue weighted by molar-refractivity contribution is 5.90. The first-order valence-electron chi connectivity index (χ1n) is 9.26. The Balaban J connectivity index is 1.78. The molecule has 24 heavy (non-hydrogen) atoms. The topological polar surface area (TPSA) is 49.8 Å². The average molecular weight is 326 g/mol. The SMILES string of the molecule is CC(C)(C)CNc1nc(NCC2CCCCC2)c2ccccc2n1. The summed E-state index contributed by atoms with van der Waals surface area (Å²) >= 11 is 0. The lowest BCUT2D eigenvalue weighted by Gasteiger charge is -2.23. The van der Waals surface area contributed by atoms with Crippen LogP contribution in [0.1, 0.15) is 52.9 Å². The maximum absolute atomic E-state index is 4.76. The molecule has 0 radical (unpaired) electrons. The van der Waals surface area contributed by atoms with Gasteiger partial charge in [-0.1, -0.05) is 52.2 Å². The molecular weight excluding hydrogens is 296 g/mol. The van der Waals surface area contributed by atoms with Crippen molar-refractivity contribution in [3.05, 3.63) is 24.3 Å². The minimum atomic E-state index is 0.199. The third-order valence-electron chi connectivity index (χ3n) is 4.66. The third-order valence-corrected chi connectivity index (χ3v) is 4.66. The lowest BCUT2D eigenvalue weighted by atomic mass is 9.89. The van der Waals surface area contributed by atoms with Gasteiger partial charge < -0.3 is 10.6 Å². The fraction of sp³-hybridized carbons (Fsp3) is 0.600. The number of hydrogen-bond acceptors (Lipinski definition) is 4. The Bertz CT molecular complexity index is 669. The quantitative estimate of drug-likeness (QED) is 0.804. The van der Waals surface area contributed by atoms with Crippen molar-refractivity contribution in [3.63, 3.8) is 0 Å². The molecule has 2 aromatic rings. The maximum Gasteiger partial charge on any atom is 0.225 e. The summed E-state index contributed by atoms with van der Waals surface area (Å²) in [6.07, 6.45) is 6.81. The molecule has 2 N–H and O–H groups in total. The van der Waals surface area contributed by atoms with Crippen LogP contribution in [0.4, 0.5) is 11.8 Å². The van der Waals surface area contributed by atoms with Gasteiger partial charge in [0.25, 0.3) is 0 Å². The predicted molar refractivity (Wildman–Crippen MR) is 103 cm³/mol. The Morgan fingerprint density at radius 1 is 1.00 bits per heavy atom. The predicted octanol–water partition coefficient (Wildman–Crippen LogP) is 5.08. The van der Waals surface area contributed by atoms with Crippen molar-refractivity contribution >= 4 is 22.7 Å². The molecule has 0 spiro atoms. The van der Waals surface area contributed by atoms with E-state index in [1.54, 1.807) is 0 Å². The maximum atomic E-state index is 4.76. The van der Waals surface area contributed by atoms with Crippen molar-refractivity contribution in [1.82, 2.24) is 9.97 Å². The molecule has 1 aromatic heterocycles. The molecule has 4 nitrogen and oxygen atoms in total. The van der Waals surface area contributed by atoms with E-state index in [0.717, 1.165) is 41.7 Å². The Hall–Kier alpha value is -1.84. The number of para-hydroxylation sites is 1. The molecule has 1 saturated carbocycles. The summed E-state index contributed by atoms with van der Waals surface area (Å²) in [5.41, 5.74) is 1.19. The summed E-state index contributed by atoms with van der Waals surface area (Å²) in [4.78, 5) is 9.43. The zero-order chi connectivity index (χ0) is 17.0. The van der Waals surface area contributed by atoms with Crippen molar-refractivity contribution in [2.24, 2.45) is 11.3 Å². The van der Waals surface area contributed by atoms with E-state index in [1.807, 2.05) is 6.07 Å². The lowest BCUT2D eigenvalue weighted by molar-refractivity contribution is 0.373. The Morgan fingerprint density at radius 3 is 2.50 bits per heavy atom. The fourth-order valence-corrected chi connectivity index (χ4v) is 3.27. The first-order chi connectivity index (χ1) is 11.5. The molecule has 0 aliphatic heterocycles. The monoisotopic (exact) mass is 326 g/mol. The van der Waals surface area contributed by atoms with E-state index in [9.17, 15) is 0 Å². The minimum Gasteiger partial charge on any atom is -0.369 e. The van der Waals surface area contributed by atoms with Gasteiger partial charge in [0, 0.05) is 18.5 Å². The van der Waals surface area contributed by atoms with Crippen LogP contribution in [-0.4, -0.2) is 23.1 Å². The molecule has 0 amide bonds. The van der Waals surface area contributed by atoms with Gasteiger partial charge in [0.15, 0.2) is 0 Å². The highest BCUT2D eigenvalue weighted by atomic mass is 15.1. The number of fused-ring (bicyclic) bond motifs is 1. The van der Waals surface area contributed by atoms with Crippen LogP contribution in [0.5, 0.6) is 0 Å². The largest absolute Gasteiger partial charge is 0.369 e. The number of benzene rings is 1. The normalized spacial score (nSPS) is 16.3. The van der Waals surface area contributed by atoms with Crippen LogP contribution in [0, 0.1) is 11.3 Å². The van der Waals surface area contributed by atoms with Crippen LogP contribution in [0.25, 0.3) is 10.9 Å². The summed E-state index contributed by atoms with van der Waals surface area (Å²) in [5, 5.41) is 8.10. The van der Waals surface area contributed by atoms with E-state index < -0.39 is 0 Å². The summed E-state index contributed by atoms with van der Waals surface area (Å²) < 4.78 is 0. The molecule has 3 rings (SSSR count). The zero-order valence-corrected chi connectivity index (χ0v) is 15.2. The Morgan fingerprint density at radius 2 is 1.75 bits per heavy atom. The second-order valence-corrected chi connectivity index (χ2v) is 8.21. The van der Waals surface area contributed by atoms with Gasteiger partial charge in [0.1, 0.15) is 5.82 Å². The first-order valence-corrected chi connectivity index (χ1v) is 9.26. The highest BCUT2D eigenvalue weighted by Crippen LogP contribution is 2.26. The van der Waals surface area contributed by atoms with Crippen molar-refractivity contribution in [3.8, 4) is 0 Å². The van der Waals surface area contributed by atoms with Gasteiger partial charge >= 0.3 is 0 Å². The van der Waals surface area contributed by atoms with E-state index in [0.29, 0.717) is 0 Å². The summed E-state index contributed by atoms with van der Waals surface area (Å²) in [7, 11) is 0. The third kappa shape index (κ3) is 4.59. The Labute approximate surface area is 145 Å². The second-order valence-electron chi connectivity index (χ2n) is 8.21. The van der Waals surface area contributed by atoms with Crippen LogP contribution in [-0.2, 0) is 0 Å². The number of anilines is 2. The molecule has 0 atom stereocenters. The van der Waals surface area contributed by atoms with Crippen molar-refractivity contribution in [2.75, 3.05) is 23.7 Å². The second kappa shape index (κ2) is 7.37. The molecule has 1 aromatic carbocycles. The minimum absolute atomic E-state index is 0.199. The van der Waals surface area contributed by atoms with Gasteiger partial charge in [-0.3, -0.25) is 0 Å². The van der Waals surface area contributed by atoms with Crippen molar-refractivity contribution in [1.29, 1.82) is 0 Å². The number of hydrogen-bond donors (Lipinski definition) is 2. The Kier molecular flexibility index (Phi) is 5.22. The van der Waals surface area contributed by atoms with Gasteiger partial charge in [0.2, 0.25) is 5.95 Å². The number of rotatable bonds is 5. The van der Waals surface area contributed by atoms with Crippen LogP contribution in [0.15, 0.2) is 24.3 Å². The van der Waals surface area contributed by atoms with E-state index in [-0.39, 0.29) is 5.41 Å². The summed E-state index contributed by atoms with van der Waals surface area (Å²) in [5.74, 6) is 2.45. The fourth-order valence-electron chi connectivity index (χ4n) is 3.27. The van der Waals surface area contributed by atoms with Crippen LogP contribution in [0.3, 0.4) is 0 Å². The van der Waals surface area contributed by atoms with Gasteiger partial charge in [-0.15, -0.1) is 0 Å². The smallest absolute Gasteiger partial charge is 0.225 e. The number of nitrogens with one attached hydrogen (secondary N) is 2. The molecule has 1 heterocycles. The average Bonchev–Trinajstić information content (AvgIpc) is 2.58. The summed E-state index contributed by atoms with van der Waals surface area (Å²) in [6.45, 7) is 8.50. The van der Waals surface area contributed by atoms with Crippen LogP contribution < -0.4 is 10.6 Å². The summed E-state index contributed by atoms with van der Waals surface area (Å²) in [6, 6.07) is 8.25. The van der Waals surface area contributed by atoms with Crippen LogP contribution in [0.2, 0.25) is 0 Å². The van der Waals surface area contributed by atoms with E-state index in [4.69, 9.17) is 4.98 Å². The molecule has 0 bridgehead atoms. The molecule has 1 fully saturated rings. The number of nitrogens with zero attached hydrogens (tertiary/aromatic N) is 2. The van der Waals surface area contributed by atoms with Crippen LogP contribution >= 0.6 is 0 Å². The molecule has 1 aliphatic carbocycles. The first kappa shape index (κ1) is 17.0. The van der Waals surface area contributed by atoms with Gasteiger partial charge in [0.05, 0.1) is 5.52 Å². The van der Waals surface area contributed by atoms with Gasteiger partial charge in [-0.25, -0.2) is 4.98 Å². The van der Waals surface area contributed by atoms with Crippen molar-refractivity contribution < 1.29 is 0 Å². The molecule has 130 valence electrons.